The van der Waals surface area contributed by atoms with Crippen molar-refractivity contribution in [2.24, 2.45) is 0 Å². The fourth-order valence-corrected chi connectivity index (χ4v) is 2.39. The van der Waals surface area contributed by atoms with Gasteiger partial charge >= 0.3 is 5.97 Å². The summed E-state index contributed by atoms with van der Waals surface area (Å²) in [5.41, 5.74) is 1.71. The highest BCUT2D eigenvalue weighted by atomic mass is 16.5. The summed E-state index contributed by atoms with van der Waals surface area (Å²) in [6, 6.07) is 3.83. The molecule has 3 rings (SSSR count). The number of rotatable bonds is 4. The van der Waals surface area contributed by atoms with Crippen LogP contribution in [0.3, 0.4) is 0 Å². The quantitative estimate of drug-likeness (QED) is 0.918. The molecular weight excluding hydrogens is 274 g/mol. The first-order chi connectivity index (χ1) is 10.2. The molecule has 2 aromatic rings. The summed E-state index contributed by atoms with van der Waals surface area (Å²) in [6.07, 6.45) is 2.24. The Bertz CT molecular complexity index is 655. The molecule has 1 aliphatic rings. The van der Waals surface area contributed by atoms with Crippen molar-refractivity contribution in [1.82, 2.24) is 15.1 Å². The zero-order valence-electron chi connectivity index (χ0n) is 11.5. The molecule has 1 aliphatic heterocycles. The summed E-state index contributed by atoms with van der Waals surface area (Å²) in [7, 11) is 0. The third-order valence-corrected chi connectivity index (χ3v) is 3.50. The van der Waals surface area contributed by atoms with Crippen LogP contribution in [0.4, 0.5) is 0 Å². The van der Waals surface area contributed by atoms with Crippen LogP contribution >= 0.6 is 0 Å². The molecule has 0 aromatic carbocycles. The van der Waals surface area contributed by atoms with Crippen LogP contribution in [-0.4, -0.2) is 32.3 Å². The first-order valence-electron chi connectivity index (χ1n) is 6.85. The van der Waals surface area contributed by atoms with E-state index in [1.54, 1.807) is 6.20 Å². The van der Waals surface area contributed by atoms with Crippen LogP contribution in [0.15, 0.2) is 22.9 Å². The minimum Gasteiger partial charge on any atom is -0.479 e. The molecule has 2 unspecified atom stereocenters. The van der Waals surface area contributed by atoms with Gasteiger partial charge in [0, 0.05) is 6.20 Å². The summed E-state index contributed by atoms with van der Waals surface area (Å²) in [4.78, 5) is 19.5. The molecule has 0 spiro atoms. The number of hydrogen-bond acceptors (Lipinski definition) is 6. The van der Waals surface area contributed by atoms with Crippen molar-refractivity contribution in [3.63, 3.8) is 0 Å². The first-order valence-corrected chi connectivity index (χ1v) is 6.85. The molecule has 1 fully saturated rings. The average Bonchev–Trinajstić information content (AvgIpc) is 3.16. The number of hydrogen-bond donors (Lipinski definition) is 1. The molecule has 2 atom stereocenters. The van der Waals surface area contributed by atoms with Gasteiger partial charge < -0.3 is 14.4 Å². The SMILES string of the molecule is CCc1cccnc1-c1noc(C2CCC(C(=O)O)O2)n1. The second kappa shape index (κ2) is 5.61. The summed E-state index contributed by atoms with van der Waals surface area (Å²) in [5, 5.41) is 12.9. The average molecular weight is 289 g/mol. The van der Waals surface area contributed by atoms with Gasteiger partial charge in [0.05, 0.1) is 0 Å². The number of pyridine rings is 1. The Morgan fingerprint density at radius 3 is 3.05 bits per heavy atom. The Labute approximate surface area is 121 Å². The van der Waals surface area contributed by atoms with Gasteiger partial charge in [0.2, 0.25) is 5.82 Å². The third-order valence-electron chi connectivity index (χ3n) is 3.50. The highest BCUT2D eigenvalue weighted by Gasteiger charge is 2.34. The number of ether oxygens (including phenoxy) is 1. The molecule has 0 aliphatic carbocycles. The molecule has 3 heterocycles. The Balaban J connectivity index is 1.82. The number of nitrogens with zero attached hydrogens (tertiary/aromatic N) is 3. The van der Waals surface area contributed by atoms with Crippen LogP contribution in [-0.2, 0) is 16.0 Å². The van der Waals surface area contributed by atoms with E-state index in [1.165, 1.54) is 0 Å². The number of aliphatic carboxylic acids is 1. The van der Waals surface area contributed by atoms with E-state index in [2.05, 4.69) is 15.1 Å². The summed E-state index contributed by atoms with van der Waals surface area (Å²) in [5.74, 6) is -0.249. The zero-order valence-corrected chi connectivity index (χ0v) is 11.5. The smallest absolute Gasteiger partial charge is 0.332 e. The third kappa shape index (κ3) is 2.64. The van der Waals surface area contributed by atoms with Gasteiger partial charge in [-0.3, -0.25) is 4.98 Å². The van der Waals surface area contributed by atoms with Crippen LogP contribution in [0.5, 0.6) is 0 Å². The predicted molar refractivity (Wildman–Crippen MR) is 71.4 cm³/mol. The van der Waals surface area contributed by atoms with Crippen LogP contribution in [0.2, 0.25) is 0 Å². The van der Waals surface area contributed by atoms with Crippen LogP contribution < -0.4 is 0 Å². The van der Waals surface area contributed by atoms with Gasteiger partial charge in [0.15, 0.2) is 6.10 Å². The zero-order chi connectivity index (χ0) is 14.8. The summed E-state index contributed by atoms with van der Waals surface area (Å²) >= 11 is 0. The van der Waals surface area contributed by atoms with Crippen molar-refractivity contribution in [3.05, 3.63) is 29.8 Å². The van der Waals surface area contributed by atoms with E-state index in [0.717, 1.165) is 12.0 Å². The number of carboxylic acid groups (broad SMARTS) is 1. The Morgan fingerprint density at radius 2 is 2.33 bits per heavy atom. The molecule has 1 saturated heterocycles. The van der Waals surface area contributed by atoms with E-state index in [0.29, 0.717) is 30.3 Å². The van der Waals surface area contributed by atoms with Crippen molar-refractivity contribution in [1.29, 1.82) is 0 Å². The Hall–Kier alpha value is -2.28. The van der Waals surface area contributed by atoms with E-state index in [9.17, 15) is 4.79 Å². The number of aryl methyl sites for hydroxylation is 1. The lowest BCUT2D eigenvalue weighted by atomic mass is 10.1. The lowest BCUT2D eigenvalue weighted by Gasteiger charge is -2.05. The topological polar surface area (TPSA) is 98.3 Å². The van der Waals surface area contributed by atoms with E-state index in [-0.39, 0.29) is 0 Å². The molecule has 0 amide bonds. The predicted octanol–water partition coefficient (Wildman–Crippen LogP) is 2.00. The lowest BCUT2D eigenvalue weighted by molar-refractivity contribution is -0.150. The standard InChI is InChI=1S/C14H15N3O4/c1-2-8-4-3-7-15-11(8)12-16-13(21-17-12)9-5-6-10(20-9)14(18)19/h3-4,7,9-10H,2,5-6H2,1H3,(H,18,19). The molecule has 21 heavy (non-hydrogen) atoms. The summed E-state index contributed by atoms with van der Waals surface area (Å²) < 4.78 is 10.6. The molecule has 110 valence electrons. The highest BCUT2D eigenvalue weighted by Crippen LogP contribution is 2.32. The van der Waals surface area contributed by atoms with Crippen molar-refractivity contribution >= 4 is 5.97 Å². The van der Waals surface area contributed by atoms with Gasteiger partial charge in [-0.15, -0.1) is 0 Å². The molecule has 1 N–H and O–H groups in total. The maximum atomic E-state index is 10.9. The molecule has 7 nitrogen and oxygen atoms in total. The van der Waals surface area contributed by atoms with E-state index >= 15 is 0 Å². The van der Waals surface area contributed by atoms with Crippen molar-refractivity contribution in [3.8, 4) is 11.5 Å². The molecule has 2 aromatic heterocycles. The Kier molecular flexibility index (Phi) is 3.66. The number of aromatic nitrogens is 3. The van der Waals surface area contributed by atoms with Crippen LogP contribution in [0.25, 0.3) is 11.5 Å². The largest absolute Gasteiger partial charge is 0.479 e. The van der Waals surface area contributed by atoms with Crippen LogP contribution in [0.1, 0.15) is 37.3 Å². The lowest BCUT2D eigenvalue weighted by Crippen LogP contribution is -2.18. The van der Waals surface area contributed by atoms with Crippen molar-refractivity contribution in [2.45, 2.75) is 38.4 Å². The molecule has 0 radical (unpaired) electrons. The van der Waals surface area contributed by atoms with Gasteiger partial charge in [0.1, 0.15) is 11.8 Å². The van der Waals surface area contributed by atoms with Gasteiger partial charge in [-0.2, -0.15) is 4.98 Å². The fraction of sp³-hybridized carbons (Fsp3) is 0.429. The summed E-state index contributed by atoms with van der Waals surface area (Å²) in [6.45, 7) is 2.03. The molecular formula is C14H15N3O4. The van der Waals surface area contributed by atoms with Crippen LogP contribution in [0, 0.1) is 0 Å². The normalized spacial score (nSPS) is 21.6. The van der Waals surface area contributed by atoms with E-state index in [4.69, 9.17) is 14.4 Å². The highest BCUT2D eigenvalue weighted by molar-refractivity contribution is 5.72. The minimum atomic E-state index is -0.963. The van der Waals surface area contributed by atoms with Gasteiger partial charge in [-0.1, -0.05) is 18.1 Å². The fourth-order valence-electron chi connectivity index (χ4n) is 2.39. The van der Waals surface area contributed by atoms with Gasteiger partial charge in [-0.25, -0.2) is 4.79 Å². The maximum Gasteiger partial charge on any atom is 0.332 e. The number of carbonyl (C=O) groups is 1. The molecule has 0 bridgehead atoms. The van der Waals surface area contributed by atoms with Crippen molar-refractivity contribution in [2.75, 3.05) is 0 Å². The van der Waals surface area contributed by atoms with Gasteiger partial charge in [0.25, 0.3) is 5.89 Å². The van der Waals surface area contributed by atoms with E-state index < -0.39 is 18.2 Å². The first kappa shape index (κ1) is 13.7. The van der Waals surface area contributed by atoms with Crippen molar-refractivity contribution < 1.29 is 19.2 Å². The number of carboxylic acids is 1. The Morgan fingerprint density at radius 1 is 1.48 bits per heavy atom. The second-order valence-corrected chi connectivity index (χ2v) is 4.85. The minimum absolute atomic E-state index is 0.307. The monoisotopic (exact) mass is 289 g/mol. The maximum absolute atomic E-state index is 10.9. The second-order valence-electron chi connectivity index (χ2n) is 4.85. The van der Waals surface area contributed by atoms with E-state index in [1.807, 2.05) is 19.1 Å². The molecule has 7 heteroatoms. The van der Waals surface area contributed by atoms with Gasteiger partial charge in [-0.05, 0) is 30.9 Å². The molecule has 0 saturated carbocycles.